The number of hydrogen-bond acceptors (Lipinski definition) is 2. The predicted octanol–water partition coefficient (Wildman–Crippen LogP) is 4.56. The summed E-state index contributed by atoms with van der Waals surface area (Å²) in [6.07, 6.45) is 5.42. The van der Waals surface area contributed by atoms with Gasteiger partial charge in [-0.2, -0.15) is 0 Å². The summed E-state index contributed by atoms with van der Waals surface area (Å²) < 4.78 is 5.65. The van der Waals surface area contributed by atoms with Crippen LogP contribution in [0.1, 0.15) is 38.5 Å². The van der Waals surface area contributed by atoms with Gasteiger partial charge in [0, 0.05) is 11.8 Å². The highest BCUT2D eigenvalue weighted by atomic mass is 35.5. The van der Waals surface area contributed by atoms with Crippen LogP contribution in [0.4, 0.5) is 0 Å². The normalized spacial score (nSPS) is 13.1. The molecule has 0 aliphatic heterocycles. The molecule has 3 heteroatoms. The monoisotopic (exact) mass is 251 g/mol. The molecule has 1 unspecified atom stereocenters. The highest BCUT2D eigenvalue weighted by molar-refractivity contribution is 6.20. The van der Waals surface area contributed by atoms with Crippen LogP contribution in [0.25, 0.3) is 11.1 Å². The van der Waals surface area contributed by atoms with Crippen molar-refractivity contribution in [3.8, 4) is 0 Å². The van der Waals surface area contributed by atoms with Crippen LogP contribution in [0, 0.1) is 0 Å². The summed E-state index contributed by atoms with van der Waals surface area (Å²) >= 11 is 6.28. The van der Waals surface area contributed by atoms with Crippen molar-refractivity contribution < 1.29 is 4.42 Å². The molecule has 0 saturated heterocycles. The lowest BCUT2D eigenvalue weighted by atomic mass is 10.1. The number of benzene rings is 1. The summed E-state index contributed by atoms with van der Waals surface area (Å²) in [5.74, 6) is 0.752. The van der Waals surface area contributed by atoms with E-state index in [1.165, 1.54) is 19.3 Å². The zero-order valence-corrected chi connectivity index (χ0v) is 10.9. The van der Waals surface area contributed by atoms with E-state index in [9.17, 15) is 0 Å². The molecule has 0 bridgehead atoms. The minimum absolute atomic E-state index is 0.134. The van der Waals surface area contributed by atoms with Gasteiger partial charge in [0.1, 0.15) is 5.52 Å². The average Bonchev–Trinajstić information content (AvgIpc) is 2.71. The van der Waals surface area contributed by atoms with Gasteiger partial charge in [-0.15, -0.1) is 11.6 Å². The van der Waals surface area contributed by atoms with Crippen molar-refractivity contribution in [3.63, 3.8) is 0 Å². The van der Waals surface area contributed by atoms with Gasteiger partial charge in [-0.1, -0.05) is 38.3 Å². The average molecular weight is 252 g/mol. The van der Waals surface area contributed by atoms with Crippen molar-refractivity contribution in [2.75, 3.05) is 0 Å². The van der Waals surface area contributed by atoms with E-state index in [4.69, 9.17) is 16.0 Å². The van der Waals surface area contributed by atoms with E-state index in [1.807, 2.05) is 24.3 Å². The fourth-order valence-corrected chi connectivity index (χ4v) is 2.20. The topological polar surface area (TPSA) is 26.0 Å². The number of oxazole rings is 1. The molecule has 0 saturated carbocycles. The minimum atomic E-state index is 0.134. The van der Waals surface area contributed by atoms with Crippen molar-refractivity contribution in [1.82, 2.24) is 4.98 Å². The Morgan fingerprint density at radius 3 is 2.88 bits per heavy atom. The van der Waals surface area contributed by atoms with Crippen molar-refractivity contribution in [3.05, 3.63) is 30.2 Å². The Bertz CT molecular complexity index is 433. The Kier molecular flexibility index (Phi) is 4.43. The molecule has 2 nitrogen and oxygen atoms in total. The summed E-state index contributed by atoms with van der Waals surface area (Å²) in [6, 6.07) is 7.82. The molecule has 0 radical (unpaired) electrons. The number of fused-ring (bicyclic) bond motifs is 1. The third kappa shape index (κ3) is 3.47. The number of hydrogen-bond donors (Lipinski definition) is 0. The number of rotatable bonds is 6. The van der Waals surface area contributed by atoms with Crippen LogP contribution in [0.3, 0.4) is 0 Å². The van der Waals surface area contributed by atoms with Crippen LogP contribution in [0.15, 0.2) is 28.7 Å². The summed E-state index contributed by atoms with van der Waals surface area (Å²) in [5.41, 5.74) is 1.76. The molecule has 0 N–H and O–H groups in total. The Morgan fingerprint density at radius 2 is 2.12 bits per heavy atom. The van der Waals surface area contributed by atoms with Crippen molar-refractivity contribution in [1.29, 1.82) is 0 Å². The lowest BCUT2D eigenvalue weighted by Gasteiger charge is -2.05. The fraction of sp³-hybridized carbons (Fsp3) is 0.500. The van der Waals surface area contributed by atoms with E-state index in [2.05, 4.69) is 11.9 Å². The van der Waals surface area contributed by atoms with Crippen LogP contribution >= 0.6 is 11.6 Å². The summed E-state index contributed by atoms with van der Waals surface area (Å²) in [4.78, 5) is 4.43. The largest absolute Gasteiger partial charge is 0.441 e. The van der Waals surface area contributed by atoms with Gasteiger partial charge in [0.2, 0.25) is 0 Å². The van der Waals surface area contributed by atoms with Crippen molar-refractivity contribution in [2.45, 2.75) is 44.4 Å². The first-order valence-electron chi connectivity index (χ1n) is 6.28. The maximum Gasteiger partial charge on any atom is 0.196 e. The molecule has 92 valence electrons. The molecule has 0 amide bonds. The SMILES string of the molecule is CCCCCC(Cl)Cc1nc2ccccc2o1. The Balaban J connectivity index is 1.93. The highest BCUT2D eigenvalue weighted by Gasteiger charge is 2.11. The van der Waals surface area contributed by atoms with Gasteiger partial charge in [-0.25, -0.2) is 4.98 Å². The molecule has 1 aromatic heterocycles. The zero-order valence-electron chi connectivity index (χ0n) is 10.2. The number of alkyl halides is 1. The first-order valence-corrected chi connectivity index (χ1v) is 6.71. The summed E-state index contributed by atoms with van der Waals surface area (Å²) in [7, 11) is 0. The first-order chi connectivity index (χ1) is 8.29. The Hall–Kier alpha value is -1.02. The van der Waals surface area contributed by atoms with Gasteiger partial charge >= 0.3 is 0 Å². The molecule has 2 rings (SSSR count). The molecule has 17 heavy (non-hydrogen) atoms. The maximum atomic E-state index is 6.28. The van der Waals surface area contributed by atoms with Gasteiger partial charge in [-0.3, -0.25) is 0 Å². The Labute approximate surface area is 107 Å². The van der Waals surface area contributed by atoms with Crippen LogP contribution < -0.4 is 0 Å². The number of nitrogens with zero attached hydrogens (tertiary/aromatic N) is 1. The minimum Gasteiger partial charge on any atom is -0.441 e. The van der Waals surface area contributed by atoms with Gasteiger partial charge in [0.15, 0.2) is 11.5 Å². The standard InChI is InChI=1S/C14H18ClNO/c1-2-3-4-7-11(15)10-14-16-12-8-5-6-9-13(12)17-14/h5-6,8-9,11H,2-4,7,10H2,1H3. The predicted molar refractivity (Wildman–Crippen MR) is 71.5 cm³/mol. The smallest absolute Gasteiger partial charge is 0.196 e. The molecule has 0 aliphatic rings. The third-order valence-electron chi connectivity index (χ3n) is 2.86. The summed E-state index contributed by atoms with van der Waals surface area (Å²) in [6.45, 7) is 2.20. The summed E-state index contributed by atoms with van der Waals surface area (Å²) in [5, 5.41) is 0.134. The number of unbranched alkanes of at least 4 members (excludes halogenated alkanes) is 2. The molecule has 1 heterocycles. The van der Waals surface area contributed by atoms with Gasteiger partial charge < -0.3 is 4.42 Å². The van der Waals surface area contributed by atoms with Crippen LogP contribution in [-0.4, -0.2) is 10.4 Å². The molecule has 1 aromatic carbocycles. The van der Waals surface area contributed by atoms with Crippen molar-refractivity contribution in [2.24, 2.45) is 0 Å². The number of para-hydroxylation sites is 2. The second-order valence-corrected chi connectivity index (χ2v) is 4.99. The van der Waals surface area contributed by atoms with Crippen LogP contribution in [0.2, 0.25) is 0 Å². The zero-order chi connectivity index (χ0) is 12.1. The van der Waals surface area contributed by atoms with E-state index in [1.54, 1.807) is 0 Å². The number of halogens is 1. The quantitative estimate of drug-likeness (QED) is 0.556. The second-order valence-electron chi connectivity index (χ2n) is 4.37. The van der Waals surface area contributed by atoms with Crippen LogP contribution in [0.5, 0.6) is 0 Å². The van der Waals surface area contributed by atoms with E-state index >= 15 is 0 Å². The highest BCUT2D eigenvalue weighted by Crippen LogP contribution is 2.19. The lowest BCUT2D eigenvalue weighted by Crippen LogP contribution is -2.03. The van der Waals surface area contributed by atoms with E-state index in [0.29, 0.717) is 0 Å². The first kappa shape index (κ1) is 12.4. The van der Waals surface area contributed by atoms with E-state index < -0.39 is 0 Å². The molecule has 1 atom stereocenters. The van der Waals surface area contributed by atoms with E-state index in [-0.39, 0.29) is 5.38 Å². The molecule has 0 spiro atoms. The molecule has 2 aromatic rings. The third-order valence-corrected chi connectivity index (χ3v) is 3.23. The maximum absolute atomic E-state index is 6.28. The van der Waals surface area contributed by atoms with Gasteiger partial charge in [0.05, 0.1) is 0 Å². The molecular formula is C14H18ClNO. The van der Waals surface area contributed by atoms with Crippen molar-refractivity contribution >= 4 is 22.7 Å². The van der Waals surface area contributed by atoms with E-state index in [0.717, 1.165) is 29.8 Å². The van der Waals surface area contributed by atoms with Gasteiger partial charge in [0.25, 0.3) is 0 Å². The molecular weight excluding hydrogens is 234 g/mol. The number of aromatic nitrogens is 1. The van der Waals surface area contributed by atoms with Crippen LogP contribution in [-0.2, 0) is 6.42 Å². The van der Waals surface area contributed by atoms with Gasteiger partial charge in [-0.05, 0) is 18.6 Å². The second kappa shape index (κ2) is 6.06. The lowest BCUT2D eigenvalue weighted by molar-refractivity contribution is 0.510. The molecule has 0 fully saturated rings. The Morgan fingerprint density at radius 1 is 1.29 bits per heavy atom. The fourth-order valence-electron chi connectivity index (χ4n) is 1.91. The molecule has 0 aliphatic carbocycles.